The average molecular weight is 561 g/mol. The first-order valence-electron chi connectivity index (χ1n) is 14.7. The molecule has 0 spiro atoms. The topological polar surface area (TPSA) is 87.1 Å². The maximum Gasteiger partial charge on any atom is 0.455 e. The highest BCUT2D eigenvalue weighted by Crippen LogP contribution is 2.51. The molecule has 2 N–H and O–H groups in total. The molecule has 0 radical (unpaired) electrons. The van der Waals surface area contributed by atoms with Gasteiger partial charge in [-0.3, -0.25) is 14.5 Å². The number of phenols is 1. The van der Waals surface area contributed by atoms with E-state index in [0.717, 1.165) is 39.0 Å². The van der Waals surface area contributed by atoms with Crippen LogP contribution in [0.5, 0.6) is 5.75 Å². The fourth-order valence-electron chi connectivity index (χ4n) is 7.26. The van der Waals surface area contributed by atoms with Gasteiger partial charge in [0, 0.05) is 0 Å². The first kappa shape index (κ1) is 28.2. The zero-order chi connectivity index (χ0) is 29.5. The number of phenolic OH excluding ortho intramolecular Hbond substituents is 1. The first-order chi connectivity index (χ1) is 20.2. The van der Waals surface area contributed by atoms with Crippen LogP contribution in [0, 0.1) is 31.6 Å². The molecule has 0 aromatic heterocycles. The highest BCUT2D eigenvalue weighted by atomic mass is 16.5. The second-order valence-corrected chi connectivity index (χ2v) is 11.9. The summed E-state index contributed by atoms with van der Waals surface area (Å²) in [7, 11) is -1.00. The van der Waals surface area contributed by atoms with Crippen LogP contribution in [-0.2, 0) is 14.2 Å². The lowest BCUT2D eigenvalue weighted by molar-refractivity contribution is -0.122. The highest BCUT2D eigenvalue weighted by Gasteiger charge is 2.57. The van der Waals surface area contributed by atoms with E-state index in [1.165, 1.54) is 4.90 Å². The van der Waals surface area contributed by atoms with E-state index in [1.54, 1.807) is 12.1 Å². The third-order valence-corrected chi connectivity index (χ3v) is 9.14. The van der Waals surface area contributed by atoms with Gasteiger partial charge in [0.25, 0.3) is 0 Å². The van der Waals surface area contributed by atoms with E-state index in [1.807, 2.05) is 69.3 Å². The molecule has 42 heavy (non-hydrogen) atoms. The fraction of sp³-hybridized carbons (Fsp3) is 0.314. The van der Waals surface area contributed by atoms with Gasteiger partial charge in [-0.2, -0.15) is 0 Å². The molecule has 0 bridgehead atoms. The molecule has 7 heteroatoms. The molecule has 6 rings (SSSR count). The largest absolute Gasteiger partial charge is 0.507 e. The van der Waals surface area contributed by atoms with Crippen molar-refractivity contribution < 1.29 is 24.4 Å². The number of aryl methyl sites for hydroxylation is 2. The maximum atomic E-state index is 13.8. The van der Waals surface area contributed by atoms with Gasteiger partial charge in [-0.25, -0.2) is 0 Å². The van der Waals surface area contributed by atoms with Crippen LogP contribution >= 0.6 is 0 Å². The summed E-state index contributed by atoms with van der Waals surface area (Å²) >= 11 is 0. The minimum absolute atomic E-state index is 0.152. The normalized spacial score (nSPS) is 24.2. The van der Waals surface area contributed by atoms with Crippen molar-refractivity contribution in [3.05, 3.63) is 106 Å². The predicted octanol–water partition coefficient (Wildman–Crippen LogP) is 6.35. The molecule has 4 atom stereocenters. The minimum Gasteiger partial charge on any atom is -0.507 e. The van der Waals surface area contributed by atoms with E-state index in [-0.39, 0.29) is 23.8 Å². The summed E-state index contributed by atoms with van der Waals surface area (Å²) in [5.74, 6) is -1.17. The van der Waals surface area contributed by atoms with Crippen molar-refractivity contribution in [2.75, 3.05) is 4.90 Å². The van der Waals surface area contributed by atoms with Gasteiger partial charge in [0.1, 0.15) is 5.75 Å². The molecule has 214 valence electrons. The number of hydrogen-bond acceptors (Lipinski definition) is 5. The summed E-state index contributed by atoms with van der Waals surface area (Å²) in [6.45, 7) is 5.85. The zero-order valence-corrected chi connectivity index (χ0v) is 24.3. The number of para-hydroxylation sites is 1. The van der Waals surface area contributed by atoms with Gasteiger partial charge < -0.3 is 14.8 Å². The molecular formula is C35H36BNO5. The average Bonchev–Trinajstić information content (AvgIpc) is 3.23. The lowest BCUT2D eigenvalue weighted by Crippen LogP contribution is -2.46. The summed E-state index contributed by atoms with van der Waals surface area (Å²) in [6, 6.07) is 23.3. The van der Waals surface area contributed by atoms with Crippen LogP contribution in [0.15, 0.2) is 83.9 Å². The van der Waals surface area contributed by atoms with Crippen molar-refractivity contribution in [2.24, 2.45) is 17.8 Å². The van der Waals surface area contributed by atoms with Gasteiger partial charge >= 0.3 is 7.12 Å². The molecule has 2 fully saturated rings. The molecule has 3 aromatic carbocycles. The van der Waals surface area contributed by atoms with Crippen molar-refractivity contribution in [1.82, 2.24) is 0 Å². The monoisotopic (exact) mass is 561 g/mol. The quantitative estimate of drug-likeness (QED) is 0.159. The fourth-order valence-corrected chi connectivity index (χ4v) is 7.26. The maximum absolute atomic E-state index is 13.8. The summed E-state index contributed by atoms with van der Waals surface area (Å²) in [4.78, 5) is 28.7. The van der Waals surface area contributed by atoms with Crippen LogP contribution in [0.25, 0.3) is 11.6 Å². The number of benzene rings is 3. The van der Waals surface area contributed by atoms with E-state index in [4.69, 9.17) is 4.65 Å². The van der Waals surface area contributed by atoms with Gasteiger partial charge in [0.15, 0.2) is 0 Å². The Balaban J connectivity index is 1.30. The first-order valence-corrected chi connectivity index (χ1v) is 14.7. The number of aromatic hydroxyl groups is 1. The Morgan fingerprint density at radius 3 is 2.26 bits per heavy atom. The molecule has 6 nitrogen and oxygen atoms in total. The molecule has 3 aliphatic rings. The standard InChI is InChI=1S/C35H36BNO5/c1-21-18-28-32(35(40)37(34(28)39)27-12-8-5-9-13-27)29-20-36(41)42-30(31(21)29)15-14-26(25-10-6-4-7-11-25)19-24-16-22(2)33(38)23(3)17-24/h4-13,16-17,19,28-30,32,38,41H,14-15,18,20H2,1-3H3/b26-19-/t28-,29+,30-,32-/m1/s1. The minimum atomic E-state index is -1.00. The van der Waals surface area contributed by atoms with Crippen molar-refractivity contribution in [3.63, 3.8) is 0 Å². The number of fused-ring (bicyclic) bond motifs is 3. The Bertz CT molecular complexity index is 1560. The van der Waals surface area contributed by atoms with Crippen molar-refractivity contribution in [1.29, 1.82) is 0 Å². The van der Waals surface area contributed by atoms with Gasteiger partial charge in [-0.15, -0.1) is 0 Å². The molecule has 2 heterocycles. The number of anilines is 1. The lowest BCUT2D eigenvalue weighted by Gasteiger charge is -2.42. The molecule has 2 saturated heterocycles. The Morgan fingerprint density at radius 2 is 1.60 bits per heavy atom. The van der Waals surface area contributed by atoms with Crippen LogP contribution in [0.2, 0.25) is 6.32 Å². The van der Waals surface area contributed by atoms with E-state index in [2.05, 4.69) is 18.2 Å². The number of imide groups is 1. The number of amides is 2. The van der Waals surface area contributed by atoms with Gasteiger partial charge in [-0.05, 0) is 110 Å². The van der Waals surface area contributed by atoms with E-state index < -0.39 is 19.0 Å². The van der Waals surface area contributed by atoms with Crippen molar-refractivity contribution >= 4 is 36.3 Å². The number of carbonyl (C=O) groups excluding carboxylic acids is 2. The van der Waals surface area contributed by atoms with Crippen LogP contribution in [0.3, 0.4) is 0 Å². The number of allylic oxidation sites excluding steroid dienone is 2. The Hall–Kier alpha value is -3.94. The molecule has 0 unspecified atom stereocenters. The van der Waals surface area contributed by atoms with Crippen LogP contribution < -0.4 is 4.90 Å². The molecule has 0 saturated carbocycles. The van der Waals surface area contributed by atoms with Crippen LogP contribution in [0.4, 0.5) is 5.69 Å². The zero-order valence-electron chi connectivity index (χ0n) is 24.3. The van der Waals surface area contributed by atoms with E-state index >= 15 is 0 Å². The van der Waals surface area contributed by atoms with Gasteiger partial charge in [0.05, 0.1) is 23.6 Å². The van der Waals surface area contributed by atoms with Crippen LogP contribution in [-0.4, -0.2) is 35.2 Å². The summed E-state index contributed by atoms with van der Waals surface area (Å²) in [5.41, 5.74) is 7.64. The third-order valence-electron chi connectivity index (χ3n) is 9.14. The Labute approximate surface area is 247 Å². The number of nitrogens with zero attached hydrogens (tertiary/aromatic N) is 1. The second kappa shape index (κ2) is 11.4. The van der Waals surface area contributed by atoms with Gasteiger partial charge in [-0.1, -0.05) is 60.2 Å². The Kier molecular flexibility index (Phi) is 7.65. The predicted molar refractivity (Wildman–Crippen MR) is 166 cm³/mol. The Morgan fingerprint density at radius 1 is 0.952 bits per heavy atom. The highest BCUT2D eigenvalue weighted by molar-refractivity contribution is 6.43. The van der Waals surface area contributed by atoms with Crippen molar-refractivity contribution in [2.45, 2.75) is 52.5 Å². The number of hydrogen-bond donors (Lipinski definition) is 2. The number of rotatable bonds is 6. The lowest BCUT2D eigenvalue weighted by atomic mass is 9.58. The second-order valence-electron chi connectivity index (χ2n) is 11.9. The molecule has 3 aromatic rings. The van der Waals surface area contributed by atoms with Crippen LogP contribution in [0.1, 0.15) is 48.4 Å². The number of carbonyl (C=O) groups is 2. The third kappa shape index (κ3) is 5.12. The molecular weight excluding hydrogens is 525 g/mol. The SMILES string of the molecule is CC1=C2[C@@H](CC/C(=C/c3cc(C)c(O)c(C)c3)c3ccccc3)OB(O)C[C@@H]2[C@@H]2C(=O)N(c3ccccc3)C(=O)[C@@H]2C1. The van der Waals surface area contributed by atoms with Crippen molar-refractivity contribution in [3.8, 4) is 5.75 Å². The van der Waals surface area contributed by atoms with E-state index in [9.17, 15) is 19.7 Å². The van der Waals surface area contributed by atoms with Gasteiger partial charge in [0.2, 0.25) is 11.8 Å². The smallest absolute Gasteiger partial charge is 0.455 e. The summed E-state index contributed by atoms with van der Waals surface area (Å²) < 4.78 is 6.17. The molecule has 2 aliphatic heterocycles. The summed E-state index contributed by atoms with van der Waals surface area (Å²) in [5, 5.41) is 21.2. The molecule has 2 amide bonds. The summed E-state index contributed by atoms with van der Waals surface area (Å²) in [6.07, 6.45) is 3.93. The van der Waals surface area contributed by atoms with E-state index in [0.29, 0.717) is 37.0 Å². The molecule has 1 aliphatic carbocycles.